The van der Waals surface area contributed by atoms with E-state index < -0.39 is 0 Å². The van der Waals surface area contributed by atoms with E-state index in [0.717, 1.165) is 29.0 Å². The van der Waals surface area contributed by atoms with Crippen molar-refractivity contribution in [2.75, 3.05) is 4.90 Å². The summed E-state index contributed by atoms with van der Waals surface area (Å²) in [5.41, 5.74) is 15.2. The second kappa shape index (κ2) is 12.5. The molecule has 1 aliphatic heterocycles. The van der Waals surface area contributed by atoms with Gasteiger partial charge in [0.25, 0.3) is 0 Å². The van der Waals surface area contributed by atoms with Gasteiger partial charge in [0.1, 0.15) is 11.5 Å². The molecule has 4 saturated carbocycles. The van der Waals surface area contributed by atoms with Crippen LogP contribution in [0.25, 0.3) is 33.0 Å². The maximum absolute atomic E-state index is 6.95. The van der Waals surface area contributed by atoms with Crippen LogP contribution >= 0.6 is 0 Å². The maximum atomic E-state index is 6.95. The maximum Gasteiger partial charge on any atom is 0.131 e. The van der Waals surface area contributed by atoms with Crippen molar-refractivity contribution in [2.45, 2.75) is 88.9 Å². The largest absolute Gasteiger partial charge is 0.457 e. The quantitative estimate of drug-likeness (QED) is 0.172. The summed E-state index contributed by atoms with van der Waals surface area (Å²) in [4.78, 5) is 2.55. The Bertz CT molecular complexity index is 2900. The number of ether oxygens (including phenoxy) is 1. The fourth-order valence-corrected chi connectivity index (χ4v) is 14.9. The molecule has 13 rings (SSSR count). The summed E-state index contributed by atoms with van der Waals surface area (Å²) in [6.45, 7) is 9.74. The summed E-state index contributed by atoms with van der Waals surface area (Å²) in [5.74, 6) is 5.24. The van der Waals surface area contributed by atoms with Crippen molar-refractivity contribution in [3.8, 4) is 33.8 Å². The standard InChI is InChI=1S/C59H55NO/c1-56(2)28-29-57(3,4)49-33-41(22-26-47(49)56)46-15-7-9-18-51(46)60(42-23-20-40(21-24-42)45-16-11-13-39-12-5-6-14-44(39)45)43-25-27-53-50(34-43)59(48-17-8-10-19-52(48)61-53)54-31-37-30-38-32-55(59)58(54,35-37)36-38/h5-27,33-34,37-38,54-55H,28-32,35-36H2,1-4H3. The molecule has 0 aromatic heterocycles. The lowest BCUT2D eigenvalue weighted by atomic mass is 9.37. The summed E-state index contributed by atoms with van der Waals surface area (Å²) in [5, 5.41) is 2.55. The Morgan fingerprint density at radius 3 is 1.95 bits per heavy atom. The topological polar surface area (TPSA) is 12.5 Å². The third-order valence-corrected chi connectivity index (χ3v) is 17.4. The molecular formula is C59H55NO. The minimum absolute atomic E-state index is 0.00953. The zero-order chi connectivity index (χ0) is 40.9. The first-order chi connectivity index (χ1) is 29.6. The van der Waals surface area contributed by atoms with Gasteiger partial charge in [-0.15, -0.1) is 0 Å². The van der Waals surface area contributed by atoms with Crippen LogP contribution in [0.2, 0.25) is 0 Å². The predicted molar refractivity (Wildman–Crippen MR) is 252 cm³/mol. The Morgan fingerprint density at radius 1 is 0.492 bits per heavy atom. The lowest BCUT2D eigenvalue weighted by Crippen LogP contribution is -2.64. The molecule has 61 heavy (non-hydrogen) atoms. The lowest BCUT2D eigenvalue weighted by Gasteiger charge is -2.66. The first-order valence-electron chi connectivity index (χ1n) is 23.2. The van der Waals surface area contributed by atoms with Crippen LogP contribution in [0.3, 0.4) is 0 Å². The second-order valence-corrected chi connectivity index (χ2v) is 21.3. The van der Waals surface area contributed by atoms with Gasteiger partial charge in [-0.2, -0.15) is 0 Å². The second-order valence-electron chi connectivity index (χ2n) is 21.3. The van der Waals surface area contributed by atoms with Crippen LogP contribution in [-0.2, 0) is 16.2 Å². The Labute approximate surface area is 361 Å². The van der Waals surface area contributed by atoms with Gasteiger partial charge in [-0.25, -0.2) is 0 Å². The van der Waals surface area contributed by atoms with Crippen LogP contribution in [-0.4, -0.2) is 0 Å². The zero-order valence-corrected chi connectivity index (χ0v) is 36.0. The molecule has 4 unspecified atom stereocenters. The van der Waals surface area contributed by atoms with Crippen LogP contribution in [0.1, 0.15) is 94.9 Å². The van der Waals surface area contributed by atoms with Crippen molar-refractivity contribution >= 4 is 27.8 Å². The smallest absolute Gasteiger partial charge is 0.131 e. The number of benzene rings is 7. The molecule has 2 heteroatoms. The zero-order valence-electron chi connectivity index (χ0n) is 36.0. The van der Waals surface area contributed by atoms with Gasteiger partial charge in [-0.3, -0.25) is 0 Å². The first-order valence-corrected chi connectivity index (χ1v) is 23.2. The van der Waals surface area contributed by atoms with E-state index in [4.69, 9.17) is 4.74 Å². The average Bonchev–Trinajstić information content (AvgIpc) is 3.68. The summed E-state index contributed by atoms with van der Waals surface area (Å²) in [6.07, 6.45) is 9.46. The molecule has 2 nitrogen and oxygen atoms in total. The highest BCUT2D eigenvalue weighted by molar-refractivity contribution is 5.97. The molecule has 0 saturated heterocycles. The Kier molecular flexibility index (Phi) is 7.40. The monoisotopic (exact) mass is 793 g/mol. The van der Waals surface area contributed by atoms with Gasteiger partial charge >= 0.3 is 0 Å². The van der Waals surface area contributed by atoms with Crippen molar-refractivity contribution in [3.63, 3.8) is 0 Å². The fraction of sp³-hybridized carbons (Fsp3) is 0.322. The Balaban J connectivity index is 1.01. The number of hydrogen-bond acceptors (Lipinski definition) is 2. The molecule has 4 atom stereocenters. The van der Waals surface area contributed by atoms with Crippen LogP contribution < -0.4 is 9.64 Å². The van der Waals surface area contributed by atoms with E-state index >= 15 is 0 Å². The summed E-state index contributed by atoms with van der Waals surface area (Å²) < 4.78 is 6.95. The number of rotatable bonds is 5. The van der Waals surface area contributed by atoms with Gasteiger partial charge in [0.05, 0.1) is 5.69 Å². The molecule has 5 aliphatic carbocycles. The molecule has 302 valence electrons. The molecule has 0 N–H and O–H groups in total. The van der Waals surface area contributed by atoms with E-state index in [2.05, 4.69) is 184 Å². The first kappa shape index (κ1) is 36.1. The van der Waals surface area contributed by atoms with Crippen LogP contribution in [0.15, 0.2) is 152 Å². The number of para-hydroxylation sites is 2. The highest BCUT2D eigenvalue weighted by atomic mass is 16.5. The van der Waals surface area contributed by atoms with Crippen molar-refractivity contribution in [2.24, 2.45) is 29.1 Å². The van der Waals surface area contributed by atoms with Crippen molar-refractivity contribution < 1.29 is 4.74 Å². The highest BCUT2D eigenvalue weighted by Crippen LogP contribution is 2.85. The lowest BCUT2D eigenvalue weighted by molar-refractivity contribution is -0.0882. The summed E-state index contributed by atoms with van der Waals surface area (Å²) in [6, 6.07) is 57.6. The summed E-state index contributed by atoms with van der Waals surface area (Å²) >= 11 is 0. The number of anilines is 3. The molecular weight excluding hydrogens is 739 g/mol. The van der Waals surface area contributed by atoms with Crippen molar-refractivity contribution in [1.82, 2.24) is 0 Å². The van der Waals surface area contributed by atoms with Crippen LogP contribution in [0.4, 0.5) is 17.1 Å². The molecule has 7 aromatic carbocycles. The Hall–Kier alpha value is -5.60. The molecule has 6 aliphatic rings. The van der Waals surface area contributed by atoms with Crippen LogP contribution in [0, 0.1) is 29.1 Å². The number of hydrogen-bond donors (Lipinski definition) is 0. The van der Waals surface area contributed by atoms with Gasteiger partial charge < -0.3 is 9.64 Å². The molecule has 2 spiro atoms. The molecule has 7 aromatic rings. The Morgan fingerprint density at radius 2 is 1.13 bits per heavy atom. The van der Waals surface area contributed by atoms with E-state index in [-0.39, 0.29) is 16.2 Å². The van der Waals surface area contributed by atoms with E-state index in [1.54, 1.807) is 0 Å². The minimum atomic E-state index is -0.00953. The van der Waals surface area contributed by atoms with E-state index in [0.29, 0.717) is 17.3 Å². The predicted octanol–water partition coefficient (Wildman–Crippen LogP) is 15.8. The normalized spacial score (nSPS) is 27.7. The SMILES string of the molecule is CC1(C)CCC(C)(C)c2cc(-c3ccccc3N(c3ccc(-c4cccc5ccccc45)cc3)c3ccc4c(c3)C3(c5ccccc5O4)C4CC5CC6CC3C4(C5)C6)ccc21. The number of nitrogens with zero attached hydrogens (tertiary/aromatic N) is 1. The van der Waals surface area contributed by atoms with Crippen molar-refractivity contribution in [3.05, 3.63) is 174 Å². The van der Waals surface area contributed by atoms with Crippen molar-refractivity contribution in [1.29, 1.82) is 0 Å². The van der Waals surface area contributed by atoms with Gasteiger partial charge in [-0.1, -0.05) is 137 Å². The average molecular weight is 794 g/mol. The number of fused-ring (bicyclic) bond motifs is 10. The minimum Gasteiger partial charge on any atom is -0.457 e. The highest BCUT2D eigenvalue weighted by Gasteiger charge is 2.79. The molecule has 3 bridgehead atoms. The third kappa shape index (κ3) is 4.91. The molecule has 0 radical (unpaired) electrons. The van der Waals surface area contributed by atoms with Gasteiger partial charge in [0.2, 0.25) is 0 Å². The molecule has 4 fully saturated rings. The van der Waals surface area contributed by atoms with E-state index in [1.807, 2.05) is 0 Å². The van der Waals surface area contributed by atoms with Crippen LogP contribution in [0.5, 0.6) is 11.5 Å². The third-order valence-electron chi connectivity index (χ3n) is 17.4. The van der Waals surface area contributed by atoms with Gasteiger partial charge in [0, 0.05) is 33.5 Å². The molecule has 0 amide bonds. The van der Waals surface area contributed by atoms with E-state index in [9.17, 15) is 0 Å². The fourth-order valence-electron chi connectivity index (χ4n) is 14.9. The van der Waals surface area contributed by atoms with E-state index in [1.165, 1.54) is 112 Å². The van der Waals surface area contributed by atoms with Gasteiger partial charge in [-0.05, 0) is 166 Å². The van der Waals surface area contributed by atoms with Gasteiger partial charge in [0.15, 0.2) is 0 Å². The summed E-state index contributed by atoms with van der Waals surface area (Å²) in [7, 11) is 0. The molecule has 1 heterocycles.